The van der Waals surface area contributed by atoms with Gasteiger partial charge >= 0.3 is 12.1 Å². The van der Waals surface area contributed by atoms with Crippen molar-refractivity contribution in [1.82, 2.24) is 10.6 Å². The van der Waals surface area contributed by atoms with Crippen LogP contribution >= 0.6 is 0 Å². The number of nitro groups is 1. The largest absolute Gasteiger partial charge is 0.467 e. The Kier molecular flexibility index (Phi) is 10.0. The zero-order valence-electron chi connectivity index (χ0n) is 19.4. The van der Waals surface area contributed by atoms with Gasteiger partial charge in [0.05, 0.1) is 12.0 Å². The van der Waals surface area contributed by atoms with Crippen LogP contribution < -0.4 is 10.6 Å². The smallest absolute Gasteiger partial charge is 0.408 e. The van der Waals surface area contributed by atoms with Gasteiger partial charge in [-0.2, -0.15) is 0 Å². The van der Waals surface area contributed by atoms with Gasteiger partial charge < -0.3 is 20.1 Å². The molecule has 10 nitrogen and oxygen atoms in total. The fourth-order valence-electron chi connectivity index (χ4n) is 3.21. The molecule has 0 aromatic heterocycles. The Balaban J connectivity index is 2.05. The Morgan fingerprint density at radius 2 is 1.59 bits per heavy atom. The summed E-state index contributed by atoms with van der Waals surface area (Å²) in [5, 5.41) is 16.0. The zero-order chi connectivity index (χ0) is 25.1. The number of alkyl carbamates (subject to hydrolysis) is 1. The number of methoxy groups -OCH3 is 1. The lowest BCUT2D eigenvalue weighted by Crippen LogP contribution is -2.53. The van der Waals surface area contributed by atoms with E-state index in [-0.39, 0.29) is 24.6 Å². The summed E-state index contributed by atoms with van der Waals surface area (Å²) < 4.78 is 10.0. The van der Waals surface area contributed by atoms with Gasteiger partial charge in [0, 0.05) is 18.6 Å². The number of nitrogens with one attached hydrogen (secondary N) is 2. The number of esters is 1. The highest BCUT2D eigenvalue weighted by Crippen LogP contribution is 2.14. The molecule has 0 bridgehead atoms. The number of benzene rings is 2. The molecule has 0 spiro atoms. The van der Waals surface area contributed by atoms with E-state index in [1.165, 1.54) is 31.4 Å². The third kappa shape index (κ3) is 8.53. The van der Waals surface area contributed by atoms with Crippen LogP contribution in [0.3, 0.4) is 0 Å². The average Bonchev–Trinajstić information content (AvgIpc) is 2.82. The van der Waals surface area contributed by atoms with Gasteiger partial charge in [-0.05, 0) is 23.5 Å². The summed E-state index contributed by atoms with van der Waals surface area (Å²) >= 11 is 0. The van der Waals surface area contributed by atoms with E-state index in [9.17, 15) is 24.5 Å². The van der Waals surface area contributed by atoms with Gasteiger partial charge in [-0.3, -0.25) is 14.9 Å². The first kappa shape index (κ1) is 26.3. The molecule has 2 rings (SSSR count). The van der Waals surface area contributed by atoms with Crippen LogP contribution in [0.4, 0.5) is 10.5 Å². The van der Waals surface area contributed by atoms with Crippen LogP contribution in [0.15, 0.2) is 54.6 Å². The minimum atomic E-state index is -1.05. The van der Waals surface area contributed by atoms with E-state index < -0.39 is 35.0 Å². The standard InChI is InChI=1S/C24H29N3O7/c1-16(2)13-20(26-24(30)34-15-18-7-5-4-6-8-18)22(28)25-21(23(29)33-3)14-17-9-11-19(12-10-17)27(31)32/h4-12,16,20-21H,13-15H2,1-3H3,(H,25,28)(H,26,30)/t20-,21+/m0/s1. The first-order chi connectivity index (χ1) is 16.2. The summed E-state index contributed by atoms with van der Waals surface area (Å²) in [6.07, 6.45) is -0.379. The highest BCUT2D eigenvalue weighted by molar-refractivity contribution is 5.89. The van der Waals surface area contributed by atoms with Gasteiger partial charge in [0.25, 0.3) is 5.69 Å². The molecule has 2 N–H and O–H groups in total. The Morgan fingerprint density at radius 3 is 2.15 bits per heavy atom. The first-order valence-corrected chi connectivity index (χ1v) is 10.8. The molecule has 0 aliphatic heterocycles. The third-order valence-corrected chi connectivity index (χ3v) is 4.92. The second kappa shape index (κ2) is 12.9. The number of hydrogen-bond donors (Lipinski definition) is 2. The van der Waals surface area contributed by atoms with Crippen molar-refractivity contribution in [3.05, 3.63) is 75.8 Å². The average molecular weight is 472 g/mol. The van der Waals surface area contributed by atoms with Crippen LogP contribution in [0.5, 0.6) is 0 Å². The van der Waals surface area contributed by atoms with Crippen molar-refractivity contribution in [1.29, 1.82) is 0 Å². The molecule has 2 atom stereocenters. The number of ether oxygens (including phenoxy) is 2. The lowest BCUT2D eigenvalue weighted by molar-refractivity contribution is -0.384. The molecule has 0 fully saturated rings. The Bertz CT molecular complexity index is 978. The van der Waals surface area contributed by atoms with E-state index >= 15 is 0 Å². The first-order valence-electron chi connectivity index (χ1n) is 10.8. The summed E-state index contributed by atoms with van der Waals surface area (Å²) in [4.78, 5) is 47.9. The molecule has 182 valence electrons. The fraction of sp³-hybridized carbons (Fsp3) is 0.375. The van der Waals surface area contributed by atoms with Crippen molar-refractivity contribution in [2.24, 2.45) is 5.92 Å². The maximum Gasteiger partial charge on any atom is 0.408 e. The molecule has 0 radical (unpaired) electrons. The van der Waals surface area contributed by atoms with Crippen LogP contribution in [0.2, 0.25) is 0 Å². The van der Waals surface area contributed by atoms with E-state index in [0.29, 0.717) is 12.0 Å². The number of carbonyl (C=O) groups excluding carboxylic acids is 3. The van der Waals surface area contributed by atoms with E-state index in [2.05, 4.69) is 10.6 Å². The van der Waals surface area contributed by atoms with Crippen LogP contribution in [-0.2, 0) is 32.1 Å². The molecule has 0 saturated carbocycles. The predicted molar refractivity (Wildman–Crippen MR) is 124 cm³/mol. The maximum atomic E-state index is 13.0. The normalized spacial score (nSPS) is 12.4. The second-order valence-electron chi connectivity index (χ2n) is 8.10. The molecular formula is C24H29N3O7. The predicted octanol–water partition coefficient (Wildman–Crippen LogP) is 3.14. The number of hydrogen-bond acceptors (Lipinski definition) is 7. The maximum absolute atomic E-state index is 13.0. The number of amides is 2. The molecule has 0 unspecified atom stereocenters. The van der Waals surface area contributed by atoms with Crippen molar-refractivity contribution in [3.8, 4) is 0 Å². The molecular weight excluding hydrogens is 442 g/mol. The van der Waals surface area contributed by atoms with E-state index in [1.54, 1.807) is 0 Å². The highest BCUT2D eigenvalue weighted by atomic mass is 16.6. The molecule has 2 aromatic rings. The molecule has 10 heteroatoms. The molecule has 0 saturated heterocycles. The molecule has 0 aliphatic rings. The van der Waals surface area contributed by atoms with E-state index in [4.69, 9.17) is 9.47 Å². The van der Waals surface area contributed by atoms with Gasteiger partial charge in [-0.25, -0.2) is 9.59 Å². The summed E-state index contributed by atoms with van der Waals surface area (Å²) in [6.45, 7) is 3.84. The topological polar surface area (TPSA) is 137 Å². The van der Waals surface area contributed by atoms with Crippen molar-refractivity contribution in [2.45, 2.75) is 45.4 Å². The second-order valence-corrected chi connectivity index (χ2v) is 8.10. The molecule has 0 aliphatic carbocycles. The summed E-state index contributed by atoms with van der Waals surface area (Å²) in [6, 6.07) is 12.8. The zero-order valence-corrected chi connectivity index (χ0v) is 19.4. The van der Waals surface area contributed by atoms with Gasteiger partial charge in [0.15, 0.2) is 0 Å². The highest BCUT2D eigenvalue weighted by Gasteiger charge is 2.28. The van der Waals surface area contributed by atoms with Gasteiger partial charge in [-0.1, -0.05) is 56.3 Å². The van der Waals surface area contributed by atoms with Crippen LogP contribution in [0, 0.1) is 16.0 Å². The van der Waals surface area contributed by atoms with E-state index in [0.717, 1.165) is 5.56 Å². The SMILES string of the molecule is COC(=O)[C@@H](Cc1ccc([N+](=O)[O-])cc1)NC(=O)[C@H](CC(C)C)NC(=O)OCc1ccccc1. The minimum absolute atomic E-state index is 0.0492. The minimum Gasteiger partial charge on any atom is -0.467 e. The Labute approximate surface area is 197 Å². The fourth-order valence-corrected chi connectivity index (χ4v) is 3.21. The summed E-state index contributed by atoms with van der Waals surface area (Å²) in [7, 11) is 1.20. The number of non-ortho nitro benzene ring substituents is 1. The number of rotatable bonds is 11. The van der Waals surface area contributed by atoms with Crippen molar-refractivity contribution >= 4 is 23.7 Å². The lowest BCUT2D eigenvalue weighted by Gasteiger charge is -2.23. The van der Waals surface area contributed by atoms with E-state index in [1.807, 2.05) is 44.2 Å². The monoisotopic (exact) mass is 471 g/mol. The van der Waals surface area contributed by atoms with Crippen molar-refractivity contribution < 1.29 is 28.8 Å². The van der Waals surface area contributed by atoms with Gasteiger partial charge in [0.1, 0.15) is 18.7 Å². The van der Waals surface area contributed by atoms with Crippen LogP contribution in [-0.4, -0.2) is 42.1 Å². The van der Waals surface area contributed by atoms with Crippen LogP contribution in [0.1, 0.15) is 31.4 Å². The molecule has 0 heterocycles. The van der Waals surface area contributed by atoms with Gasteiger partial charge in [-0.15, -0.1) is 0 Å². The quantitative estimate of drug-likeness (QED) is 0.292. The molecule has 2 aromatic carbocycles. The van der Waals surface area contributed by atoms with Gasteiger partial charge in [0.2, 0.25) is 5.91 Å². The number of nitro benzene ring substituents is 1. The van der Waals surface area contributed by atoms with Crippen LogP contribution in [0.25, 0.3) is 0 Å². The third-order valence-electron chi connectivity index (χ3n) is 4.92. The number of nitrogens with zero attached hydrogens (tertiary/aromatic N) is 1. The Hall–Kier alpha value is -3.95. The Morgan fingerprint density at radius 1 is 0.941 bits per heavy atom. The summed E-state index contributed by atoms with van der Waals surface area (Å²) in [5.74, 6) is -1.18. The molecule has 2 amide bonds. The van der Waals surface area contributed by atoms with Crippen molar-refractivity contribution in [3.63, 3.8) is 0 Å². The number of carbonyl (C=O) groups is 3. The summed E-state index contributed by atoms with van der Waals surface area (Å²) in [5.41, 5.74) is 1.31. The lowest BCUT2D eigenvalue weighted by atomic mass is 10.0. The molecule has 34 heavy (non-hydrogen) atoms. The van der Waals surface area contributed by atoms with Crippen molar-refractivity contribution in [2.75, 3.05) is 7.11 Å².